The molecule has 1 aliphatic carbocycles. The zero-order chi connectivity index (χ0) is 19.9. The highest BCUT2D eigenvalue weighted by molar-refractivity contribution is 6.06. The summed E-state index contributed by atoms with van der Waals surface area (Å²) in [5.74, 6) is -0.927. The molecular weight excluding hydrogens is 328 g/mol. The van der Waals surface area contributed by atoms with Crippen LogP contribution in [-0.2, 0) is 33.1 Å². The standard InChI is InChI=1S/C22H32O4/c1-21(2,3)17-13-11-9-10-12-14(13)18(22(4,5)6)16(20(24)26-8)15(17)19(23)25-7/h9-12H2,1-8H3. The molecule has 0 bridgehead atoms. The van der Waals surface area contributed by atoms with Crippen molar-refractivity contribution in [3.05, 3.63) is 33.4 Å². The van der Waals surface area contributed by atoms with E-state index in [4.69, 9.17) is 9.47 Å². The number of esters is 2. The van der Waals surface area contributed by atoms with Gasteiger partial charge in [0.05, 0.1) is 25.3 Å². The normalized spacial score (nSPS) is 14.6. The zero-order valence-corrected chi connectivity index (χ0v) is 17.5. The number of ether oxygens (including phenoxy) is 2. The number of hydrogen-bond acceptors (Lipinski definition) is 4. The van der Waals surface area contributed by atoms with Gasteiger partial charge in [0, 0.05) is 0 Å². The fourth-order valence-electron chi connectivity index (χ4n) is 4.28. The highest BCUT2D eigenvalue weighted by Gasteiger charge is 2.39. The molecule has 0 unspecified atom stereocenters. The van der Waals surface area contributed by atoms with Crippen molar-refractivity contribution >= 4 is 11.9 Å². The molecule has 2 rings (SSSR count). The summed E-state index contributed by atoms with van der Waals surface area (Å²) in [6, 6.07) is 0. The van der Waals surface area contributed by atoms with E-state index in [0.717, 1.165) is 36.8 Å². The second-order valence-corrected chi connectivity index (χ2v) is 9.15. The lowest BCUT2D eigenvalue weighted by Crippen LogP contribution is -2.31. The molecule has 144 valence electrons. The Kier molecular flexibility index (Phi) is 5.55. The second-order valence-electron chi connectivity index (χ2n) is 9.15. The zero-order valence-electron chi connectivity index (χ0n) is 17.5. The Morgan fingerprint density at radius 3 is 1.23 bits per heavy atom. The van der Waals surface area contributed by atoms with Crippen LogP contribution in [0.25, 0.3) is 0 Å². The molecule has 0 N–H and O–H groups in total. The molecule has 26 heavy (non-hydrogen) atoms. The highest BCUT2D eigenvalue weighted by atomic mass is 16.5. The van der Waals surface area contributed by atoms with Crippen molar-refractivity contribution in [1.82, 2.24) is 0 Å². The van der Waals surface area contributed by atoms with E-state index in [9.17, 15) is 9.59 Å². The minimum Gasteiger partial charge on any atom is -0.465 e. The molecule has 0 fully saturated rings. The molecule has 0 radical (unpaired) electrons. The molecule has 0 spiro atoms. The van der Waals surface area contributed by atoms with Crippen LogP contribution in [0.2, 0.25) is 0 Å². The van der Waals surface area contributed by atoms with Gasteiger partial charge in [-0.1, -0.05) is 41.5 Å². The van der Waals surface area contributed by atoms with E-state index >= 15 is 0 Å². The van der Waals surface area contributed by atoms with Gasteiger partial charge in [0.25, 0.3) is 0 Å². The molecule has 1 aliphatic rings. The Morgan fingerprint density at radius 1 is 0.692 bits per heavy atom. The van der Waals surface area contributed by atoms with Crippen LogP contribution in [0.15, 0.2) is 0 Å². The molecule has 0 atom stereocenters. The van der Waals surface area contributed by atoms with E-state index < -0.39 is 11.9 Å². The summed E-state index contributed by atoms with van der Waals surface area (Å²) in [5, 5.41) is 0. The highest BCUT2D eigenvalue weighted by Crippen LogP contribution is 2.44. The predicted molar refractivity (Wildman–Crippen MR) is 103 cm³/mol. The van der Waals surface area contributed by atoms with Gasteiger partial charge < -0.3 is 9.47 Å². The first-order valence-corrected chi connectivity index (χ1v) is 9.34. The average Bonchev–Trinajstić information content (AvgIpc) is 2.56. The molecule has 0 heterocycles. The lowest BCUT2D eigenvalue weighted by atomic mass is 9.68. The number of carbonyl (C=O) groups is 2. The van der Waals surface area contributed by atoms with Gasteiger partial charge in [0.15, 0.2) is 0 Å². The quantitative estimate of drug-likeness (QED) is 0.715. The van der Waals surface area contributed by atoms with Crippen LogP contribution in [0.4, 0.5) is 0 Å². The van der Waals surface area contributed by atoms with Gasteiger partial charge in [0.1, 0.15) is 0 Å². The Hall–Kier alpha value is -1.84. The van der Waals surface area contributed by atoms with Crippen molar-refractivity contribution in [2.24, 2.45) is 0 Å². The van der Waals surface area contributed by atoms with Crippen LogP contribution in [0.5, 0.6) is 0 Å². The molecule has 1 aromatic carbocycles. The molecule has 1 aromatic rings. The van der Waals surface area contributed by atoms with Crippen LogP contribution in [0, 0.1) is 0 Å². The number of fused-ring (bicyclic) bond motifs is 1. The number of benzene rings is 1. The molecule has 0 saturated carbocycles. The summed E-state index contributed by atoms with van der Waals surface area (Å²) in [5.41, 5.74) is 4.52. The van der Waals surface area contributed by atoms with Crippen molar-refractivity contribution < 1.29 is 19.1 Å². The van der Waals surface area contributed by atoms with Crippen molar-refractivity contribution in [1.29, 1.82) is 0 Å². The molecule has 0 aromatic heterocycles. The third-order valence-electron chi connectivity index (χ3n) is 5.10. The Balaban J connectivity index is 3.13. The first-order chi connectivity index (χ1) is 11.9. The van der Waals surface area contributed by atoms with Crippen LogP contribution in [-0.4, -0.2) is 26.2 Å². The summed E-state index contributed by atoms with van der Waals surface area (Å²) in [7, 11) is 2.73. The van der Waals surface area contributed by atoms with Crippen LogP contribution in [0.1, 0.15) is 97.4 Å². The first-order valence-electron chi connectivity index (χ1n) is 9.34. The van der Waals surface area contributed by atoms with E-state index in [1.807, 2.05) is 0 Å². The van der Waals surface area contributed by atoms with Crippen molar-refractivity contribution in [3.8, 4) is 0 Å². The van der Waals surface area contributed by atoms with Gasteiger partial charge in [-0.25, -0.2) is 9.59 Å². The maximum atomic E-state index is 12.9. The van der Waals surface area contributed by atoms with E-state index in [1.54, 1.807) is 0 Å². The third-order valence-corrected chi connectivity index (χ3v) is 5.10. The summed E-state index contributed by atoms with van der Waals surface area (Å²) in [4.78, 5) is 25.7. The Labute approximate surface area is 157 Å². The van der Waals surface area contributed by atoms with Crippen molar-refractivity contribution in [3.63, 3.8) is 0 Å². The van der Waals surface area contributed by atoms with E-state index in [2.05, 4.69) is 41.5 Å². The molecule has 0 aliphatic heterocycles. The largest absolute Gasteiger partial charge is 0.465 e. The number of rotatable bonds is 2. The van der Waals surface area contributed by atoms with Gasteiger partial charge in [-0.3, -0.25) is 0 Å². The summed E-state index contributed by atoms with van der Waals surface area (Å²) in [6.45, 7) is 12.5. The van der Waals surface area contributed by atoms with E-state index in [0.29, 0.717) is 11.1 Å². The fraction of sp³-hybridized carbons (Fsp3) is 0.636. The molecule has 0 amide bonds. The number of methoxy groups -OCH3 is 2. The van der Waals surface area contributed by atoms with Crippen molar-refractivity contribution in [2.75, 3.05) is 14.2 Å². The van der Waals surface area contributed by atoms with Crippen LogP contribution < -0.4 is 0 Å². The maximum absolute atomic E-state index is 12.9. The monoisotopic (exact) mass is 360 g/mol. The topological polar surface area (TPSA) is 52.6 Å². The fourth-order valence-corrected chi connectivity index (χ4v) is 4.28. The second kappa shape index (κ2) is 7.05. The van der Waals surface area contributed by atoms with Crippen LogP contribution in [0.3, 0.4) is 0 Å². The molecule has 4 nitrogen and oxygen atoms in total. The van der Waals surface area contributed by atoms with Crippen LogP contribution >= 0.6 is 0 Å². The SMILES string of the molecule is COC(=O)c1c(C(=O)OC)c(C(C)(C)C)c2c(c1C(C)(C)C)CCCC2. The van der Waals surface area contributed by atoms with E-state index in [1.165, 1.54) is 25.3 Å². The van der Waals surface area contributed by atoms with Gasteiger partial charge in [0.2, 0.25) is 0 Å². The smallest absolute Gasteiger partial charge is 0.339 e. The third kappa shape index (κ3) is 3.51. The lowest BCUT2D eigenvalue weighted by Gasteiger charge is -2.36. The summed E-state index contributed by atoms with van der Waals surface area (Å²) >= 11 is 0. The van der Waals surface area contributed by atoms with Gasteiger partial charge >= 0.3 is 11.9 Å². The molecule has 0 saturated heterocycles. The first kappa shape index (κ1) is 20.5. The lowest BCUT2D eigenvalue weighted by molar-refractivity contribution is 0.0550. The van der Waals surface area contributed by atoms with Gasteiger partial charge in [-0.15, -0.1) is 0 Å². The molecule has 4 heteroatoms. The predicted octanol–water partition coefficient (Wildman–Crippen LogP) is 4.73. The van der Waals surface area contributed by atoms with Crippen molar-refractivity contribution in [2.45, 2.75) is 78.1 Å². The molecular formula is C22H32O4. The summed E-state index contributed by atoms with van der Waals surface area (Å²) in [6.07, 6.45) is 4.04. The minimum atomic E-state index is -0.464. The number of carbonyl (C=O) groups excluding carboxylic acids is 2. The Bertz CT molecular complexity index is 667. The average molecular weight is 360 g/mol. The number of hydrogen-bond donors (Lipinski definition) is 0. The summed E-state index contributed by atoms with van der Waals surface area (Å²) < 4.78 is 10.2. The Morgan fingerprint density at radius 2 is 1.00 bits per heavy atom. The van der Waals surface area contributed by atoms with Gasteiger partial charge in [-0.05, 0) is 58.8 Å². The minimum absolute atomic E-state index is 0.288. The van der Waals surface area contributed by atoms with E-state index in [-0.39, 0.29) is 10.8 Å². The van der Waals surface area contributed by atoms with Gasteiger partial charge in [-0.2, -0.15) is 0 Å². The maximum Gasteiger partial charge on any atom is 0.339 e.